The van der Waals surface area contributed by atoms with Crippen LogP contribution in [0.5, 0.6) is 0 Å². The zero-order valence-electron chi connectivity index (χ0n) is 29.5. The second-order valence-corrected chi connectivity index (χ2v) is 20.9. The molecule has 0 heterocycles. The fourth-order valence-electron chi connectivity index (χ4n) is 8.05. The molecule has 0 radical (unpaired) electrons. The van der Waals surface area contributed by atoms with Crippen LogP contribution in [-0.4, -0.2) is 3.21 Å². The summed E-state index contributed by atoms with van der Waals surface area (Å²) in [6, 6.07) is 59.3. The van der Waals surface area contributed by atoms with Gasteiger partial charge in [0.05, 0.1) is 0 Å². The average Bonchev–Trinajstić information content (AvgIpc) is 3.74. The molecule has 0 bridgehead atoms. The van der Waals surface area contributed by atoms with Gasteiger partial charge in [0.15, 0.2) is 0 Å². The summed E-state index contributed by atoms with van der Waals surface area (Å²) in [6.07, 6.45) is 6.42. The normalized spacial score (nSPS) is 15.2. The molecule has 0 nitrogen and oxygen atoms in total. The molecule has 0 spiro atoms. The molecular formula is C49H44Zr. The molecule has 0 fully saturated rings. The Morgan fingerprint density at radius 2 is 0.980 bits per heavy atom. The molecule has 2 aliphatic carbocycles. The van der Waals surface area contributed by atoms with Gasteiger partial charge in [-0.3, -0.25) is 0 Å². The molecule has 0 saturated carbocycles. The Kier molecular flexibility index (Phi) is 8.97. The number of fused-ring (bicyclic) bond motifs is 3. The fourth-order valence-corrected chi connectivity index (χ4v) is 17.8. The summed E-state index contributed by atoms with van der Waals surface area (Å²) in [5, 5.41) is 0. The standard InChI is InChI=1S/C25H17.C13H10.C11H17.Zr/c1-3-7-18(8-4-1)20-11-13-24-22(15-20)17-23-16-21(12-14-25(23)24)19-9-5-2-6-10-19;1-3-7-12(8-4-1)11-13-9-5-2-6-10-13;1-5-9-6-7-10(8-9)11(2,3)4;/h1-17H;1-10H;7-9H,5H2,1-4H3;. The van der Waals surface area contributed by atoms with Gasteiger partial charge in [0.2, 0.25) is 0 Å². The van der Waals surface area contributed by atoms with E-state index in [2.05, 4.69) is 198 Å². The van der Waals surface area contributed by atoms with E-state index in [9.17, 15) is 0 Å². The van der Waals surface area contributed by atoms with Crippen LogP contribution in [0, 0.1) is 11.3 Å². The third kappa shape index (κ3) is 6.12. The summed E-state index contributed by atoms with van der Waals surface area (Å²) in [6.45, 7) is 9.53. The van der Waals surface area contributed by atoms with Gasteiger partial charge in [0, 0.05) is 0 Å². The molecule has 6 aromatic rings. The van der Waals surface area contributed by atoms with Gasteiger partial charge in [-0.2, -0.15) is 0 Å². The first kappa shape index (κ1) is 32.7. The van der Waals surface area contributed by atoms with E-state index in [0.717, 1.165) is 6.42 Å². The molecule has 0 saturated heterocycles. The first-order valence-electron chi connectivity index (χ1n) is 18.1. The molecule has 1 heteroatoms. The van der Waals surface area contributed by atoms with Crippen molar-refractivity contribution in [1.29, 1.82) is 0 Å². The van der Waals surface area contributed by atoms with Gasteiger partial charge in [-0.25, -0.2) is 0 Å². The Hall–Kier alpha value is -4.45. The van der Waals surface area contributed by atoms with Crippen LogP contribution in [0.2, 0.25) is 0 Å². The minimum atomic E-state index is -2.98. The van der Waals surface area contributed by atoms with E-state index in [4.69, 9.17) is 0 Å². The molecule has 2 aliphatic rings. The van der Waals surface area contributed by atoms with Crippen LogP contribution >= 0.6 is 0 Å². The summed E-state index contributed by atoms with van der Waals surface area (Å²) in [4.78, 5) is 0. The van der Waals surface area contributed by atoms with Crippen LogP contribution in [0.1, 0.15) is 60.0 Å². The van der Waals surface area contributed by atoms with Gasteiger partial charge in [0.1, 0.15) is 0 Å². The average molecular weight is 724 g/mol. The van der Waals surface area contributed by atoms with Crippen molar-refractivity contribution in [3.8, 4) is 33.4 Å². The van der Waals surface area contributed by atoms with Crippen molar-refractivity contribution >= 4 is 3.21 Å². The van der Waals surface area contributed by atoms with E-state index in [0.29, 0.717) is 9.54 Å². The summed E-state index contributed by atoms with van der Waals surface area (Å²) < 4.78 is 3.64. The monoisotopic (exact) mass is 722 g/mol. The van der Waals surface area contributed by atoms with Crippen molar-refractivity contribution in [3.63, 3.8) is 0 Å². The zero-order chi connectivity index (χ0) is 34.2. The molecule has 1 atom stereocenters. The van der Waals surface area contributed by atoms with Gasteiger partial charge in [-0.05, 0) is 0 Å². The first-order chi connectivity index (χ1) is 24.4. The van der Waals surface area contributed by atoms with Crippen LogP contribution in [-0.2, 0) is 21.3 Å². The number of hydrogen-bond donors (Lipinski definition) is 0. The molecule has 0 aliphatic heterocycles. The van der Waals surface area contributed by atoms with Gasteiger partial charge in [-0.1, -0.05) is 0 Å². The molecule has 8 rings (SSSR count). The van der Waals surface area contributed by atoms with Crippen molar-refractivity contribution in [2.45, 2.75) is 37.7 Å². The first-order valence-corrected chi connectivity index (χ1v) is 22.0. The number of benzene rings is 6. The number of allylic oxidation sites excluding steroid dienone is 4. The predicted octanol–water partition coefficient (Wildman–Crippen LogP) is 12.9. The molecule has 0 aromatic heterocycles. The quantitative estimate of drug-likeness (QED) is 0.154. The van der Waals surface area contributed by atoms with E-state index in [1.165, 1.54) is 61.2 Å². The van der Waals surface area contributed by atoms with Gasteiger partial charge >= 0.3 is 308 Å². The third-order valence-electron chi connectivity index (χ3n) is 10.6. The Morgan fingerprint density at radius 1 is 0.540 bits per heavy atom. The maximum atomic E-state index is 2.68. The van der Waals surface area contributed by atoms with E-state index < -0.39 is 21.3 Å². The van der Waals surface area contributed by atoms with Gasteiger partial charge in [-0.15, -0.1) is 0 Å². The fraction of sp³-hybridized carbons (Fsp3) is 0.163. The number of rotatable bonds is 7. The molecule has 244 valence electrons. The van der Waals surface area contributed by atoms with E-state index in [1.54, 1.807) is 6.49 Å². The third-order valence-corrected chi connectivity index (χ3v) is 19.1. The molecule has 0 N–H and O–H groups in total. The summed E-state index contributed by atoms with van der Waals surface area (Å²) in [5.74, 6) is 0.447. The van der Waals surface area contributed by atoms with Crippen molar-refractivity contribution < 1.29 is 21.3 Å². The maximum absolute atomic E-state index is 2.98. The molecule has 6 aromatic carbocycles. The Morgan fingerprint density at radius 3 is 1.40 bits per heavy atom. The van der Waals surface area contributed by atoms with Crippen LogP contribution in [0.15, 0.2) is 179 Å². The second-order valence-electron chi connectivity index (χ2n) is 14.8. The van der Waals surface area contributed by atoms with E-state index >= 15 is 0 Å². The van der Waals surface area contributed by atoms with Crippen LogP contribution < -0.4 is 0 Å². The summed E-state index contributed by atoms with van der Waals surface area (Å²) in [7, 11) is 0. The van der Waals surface area contributed by atoms with Crippen LogP contribution in [0.3, 0.4) is 0 Å². The Labute approximate surface area is 306 Å². The molecular weight excluding hydrogens is 680 g/mol. The predicted molar refractivity (Wildman–Crippen MR) is 210 cm³/mol. The number of hydrogen-bond acceptors (Lipinski definition) is 0. The summed E-state index contributed by atoms with van der Waals surface area (Å²) >= 11 is -2.98. The van der Waals surface area contributed by atoms with Crippen molar-refractivity contribution in [3.05, 3.63) is 201 Å². The van der Waals surface area contributed by atoms with Crippen molar-refractivity contribution in [1.82, 2.24) is 0 Å². The van der Waals surface area contributed by atoms with Gasteiger partial charge in [0.25, 0.3) is 0 Å². The minimum absolute atomic E-state index is 0.0928. The molecule has 50 heavy (non-hydrogen) atoms. The van der Waals surface area contributed by atoms with Crippen LogP contribution in [0.4, 0.5) is 0 Å². The van der Waals surface area contributed by atoms with Crippen molar-refractivity contribution in [2.75, 3.05) is 0 Å². The molecule has 0 amide bonds. The van der Waals surface area contributed by atoms with Crippen molar-refractivity contribution in [2.24, 2.45) is 11.3 Å². The Balaban J connectivity index is 1.49. The Bertz CT molecular complexity index is 2120. The molecule has 1 unspecified atom stereocenters. The topological polar surface area (TPSA) is 0 Å². The SMILES string of the molecule is CCC1C=C(C(C)(C)C)C=[C]1[Zr](=[C](c1ccccc1)c1ccccc1)[CH]1c2cc(-c3ccccc3)ccc2-c2ccc(-c3ccccc3)cc21. The van der Waals surface area contributed by atoms with Gasteiger partial charge < -0.3 is 0 Å². The van der Waals surface area contributed by atoms with E-state index in [-0.39, 0.29) is 5.41 Å². The second kappa shape index (κ2) is 13.7. The van der Waals surface area contributed by atoms with Crippen LogP contribution in [0.25, 0.3) is 33.4 Å². The summed E-state index contributed by atoms with van der Waals surface area (Å²) in [5.41, 5.74) is 15.3. The zero-order valence-corrected chi connectivity index (χ0v) is 32.0. The van der Waals surface area contributed by atoms with E-state index in [1.807, 2.05) is 0 Å².